The first kappa shape index (κ1) is 9.40. The van der Waals surface area contributed by atoms with Gasteiger partial charge in [-0.2, -0.15) is 0 Å². The van der Waals surface area contributed by atoms with E-state index in [1.165, 1.54) is 0 Å². The van der Waals surface area contributed by atoms with Crippen LogP contribution in [0.5, 0.6) is 0 Å². The first-order chi connectivity index (χ1) is 1.73. The molecule has 0 fully saturated rings. The van der Waals surface area contributed by atoms with Crippen molar-refractivity contribution < 1.29 is 24.8 Å². The van der Waals surface area contributed by atoms with Crippen molar-refractivity contribution in [3.8, 4) is 0 Å². The van der Waals surface area contributed by atoms with E-state index in [1.54, 1.807) is 0 Å². The third kappa shape index (κ3) is 43.1. The van der Waals surface area contributed by atoms with Gasteiger partial charge in [0.1, 0.15) is 0 Å². The summed E-state index contributed by atoms with van der Waals surface area (Å²) in [5.41, 5.74) is 0. The Bertz CT molecular complexity index is 11.6. The van der Waals surface area contributed by atoms with Crippen molar-refractivity contribution >= 4 is 25.8 Å². The third-order valence-electron chi connectivity index (χ3n) is 0. The summed E-state index contributed by atoms with van der Waals surface area (Å²) in [4.78, 5) is 0. The Morgan fingerprint density at radius 1 is 1.40 bits per heavy atom. The molecule has 0 saturated carbocycles. The topological polar surface area (TPSA) is 66.3 Å². The van der Waals surface area contributed by atoms with Crippen molar-refractivity contribution in [3.63, 3.8) is 0 Å². The molecule has 0 unspecified atom stereocenters. The van der Waals surface area contributed by atoms with Crippen LogP contribution in [-0.2, 0) is 0 Å². The van der Waals surface area contributed by atoms with Gasteiger partial charge < -0.3 is 9.32 Å². The molecule has 0 heterocycles. The summed E-state index contributed by atoms with van der Waals surface area (Å²) in [6, 6.07) is 0. The van der Waals surface area contributed by atoms with E-state index < -0.39 is 10.8 Å². The van der Waals surface area contributed by atoms with Gasteiger partial charge in [-0.3, -0.25) is 0 Å². The molecule has 3 nitrogen and oxygen atoms in total. The summed E-state index contributed by atoms with van der Waals surface area (Å²) in [7, 11) is -2.60. The second-order valence-electron chi connectivity index (χ2n) is 0.201. The summed E-state index contributed by atoms with van der Waals surface area (Å²) >= 11 is 0. The van der Waals surface area contributed by atoms with Crippen molar-refractivity contribution in [2.24, 2.45) is 0 Å². The maximum Gasteiger partial charge on any atom is 0.282 e. The van der Waals surface area contributed by atoms with Gasteiger partial charge in [-0.05, 0) is 0 Å². The first-order valence-corrected chi connectivity index (χ1v) is 1.43. The fourth-order valence-electron chi connectivity index (χ4n) is 0. The normalized spacial score (nSPS) is 7.20. The second kappa shape index (κ2) is 5.04. The van der Waals surface area contributed by atoms with Crippen LogP contribution < -0.4 is 9.32 Å². The molecule has 3 radical (unpaired) electrons. The van der Waals surface area contributed by atoms with Crippen molar-refractivity contribution in [1.29, 1.82) is 0 Å². The average Bonchev–Trinajstić information content (AvgIpc) is 0.811. The quantitative estimate of drug-likeness (QED) is 0.444. The Balaban J connectivity index is 0. The van der Waals surface area contributed by atoms with E-state index in [1.807, 2.05) is 0 Å². The summed E-state index contributed by atoms with van der Waals surface area (Å²) in [6.45, 7) is 0. The van der Waals surface area contributed by atoms with Crippen LogP contribution in [0.4, 0.5) is 0 Å². The summed E-state index contributed by atoms with van der Waals surface area (Å²) < 4.78 is 24.0. The van der Waals surface area contributed by atoms with E-state index in [4.69, 9.17) is 14.0 Å². The van der Waals surface area contributed by atoms with Gasteiger partial charge in [-0.15, -0.1) is 0 Å². The zero-order valence-corrected chi connectivity index (χ0v) is 6.27. The van der Waals surface area contributed by atoms with Crippen LogP contribution in [0.3, 0.4) is 0 Å². The molecule has 0 rings (SSSR count). The standard InChI is InChI=1S/ClHO3.In/c2-1(3)4;/h2H;. The summed E-state index contributed by atoms with van der Waals surface area (Å²) in [5, 5.41) is 0. The van der Waals surface area contributed by atoms with Crippen molar-refractivity contribution in [2.75, 3.05) is 0 Å². The SMILES string of the molecule is [In].[O-][Cl+2]([O-])O. The molecule has 0 saturated heterocycles. The molecule has 0 atom stereocenters. The first-order valence-electron chi connectivity index (χ1n) is 0.478. The Morgan fingerprint density at radius 2 is 1.40 bits per heavy atom. The molecule has 0 spiro atoms. The van der Waals surface area contributed by atoms with Crippen LogP contribution in [0.2, 0.25) is 0 Å². The van der Waals surface area contributed by atoms with Gasteiger partial charge in [0.2, 0.25) is 0 Å². The van der Waals surface area contributed by atoms with Crippen LogP contribution in [0.25, 0.3) is 0 Å². The van der Waals surface area contributed by atoms with E-state index >= 15 is 0 Å². The predicted octanol–water partition coefficient (Wildman–Crippen LogP) is -3.32. The Labute approximate surface area is 50.8 Å². The van der Waals surface area contributed by atoms with Gasteiger partial charge in [-0.1, -0.05) is 0 Å². The number of halogens is 1. The Kier molecular flexibility index (Phi) is 9.48. The van der Waals surface area contributed by atoms with Crippen LogP contribution in [-0.4, -0.2) is 30.5 Å². The largest absolute Gasteiger partial charge is 0.321 e. The minimum Gasteiger partial charge on any atom is -0.321 e. The van der Waals surface area contributed by atoms with Crippen molar-refractivity contribution in [2.45, 2.75) is 0 Å². The summed E-state index contributed by atoms with van der Waals surface area (Å²) in [5.74, 6) is 0. The maximum absolute atomic E-state index is 8.52. The van der Waals surface area contributed by atoms with Gasteiger partial charge >= 0.3 is 0 Å². The molecule has 5 heteroatoms. The Morgan fingerprint density at radius 3 is 1.40 bits per heavy atom. The zero-order chi connectivity index (χ0) is 3.58. The fourth-order valence-corrected chi connectivity index (χ4v) is 0. The van der Waals surface area contributed by atoms with E-state index in [9.17, 15) is 0 Å². The molecule has 0 aromatic rings. The molecular formula is HClInO3. The van der Waals surface area contributed by atoms with Gasteiger partial charge in [0.05, 0.1) is 0 Å². The minimum atomic E-state index is -2.60. The molecule has 0 amide bonds. The zero-order valence-electron chi connectivity index (χ0n) is 2.22. The molecule has 1 N–H and O–H groups in total. The second-order valence-corrected chi connectivity index (χ2v) is 0.603. The van der Waals surface area contributed by atoms with Gasteiger partial charge in [0.25, 0.3) is 10.8 Å². The molecule has 0 aromatic heterocycles. The van der Waals surface area contributed by atoms with Crippen LogP contribution in [0.1, 0.15) is 0 Å². The number of hydrogen-bond donors (Lipinski definition) is 1. The molecule has 0 aliphatic carbocycles. The van der Waals surface area contributed by atoms with E-state index in [0.717, 1.165) is 0 Å². The molecule has 5 heavy (non-hydrogen) atoms. The van der Waals surface area contributed by atoms with Crippen LogP contribution in [0, 0.1) is 10.8 Å². The van der Waals surface area contributed by atoms with Crippen molar-refractivity contribution in [1.82, 2.24) is 0 Å². The van der Waals surface area contributed by atoms with Crippen molar-refractivity contribution in [3.05, 3.63) is 0 Å². The predicted molar refractivity (Wildman–Crippen MR) is 7.97 cm³/mol. The molecule has 0 aromatic carbocycles. The average molecular weight is 199 g/mol. The van der Waals surface area contributed by atoms with Crippen LogP contribution >= 0.6 is 0 Å². The minimum absolute atomic E-state index is 0. The molecule has 0 aliphatic rings. The van der Waals surface area contributed by atoms with Gasteiger partial charge in [0.15, 0.2) is 0 Å². The van der Waals surface area contributed by atoms with E-state index in [-0.39, 0.29) is 25.8 Å². The van der Waals surface area contributed by atoms with Gasteiger partial charge in [0, 0.05) is 30.5 Å². The summed E-state index contributed by atoms with van der Waals surface area (Å²) in [6.07, 6.45) is 0. The molecule has 0 bridgehead atoms. The molecule has 29 valence electrons. The molecule has 0 aliphatic heterocycles. The monoisotopic (exact) mass is 199 g/mol. The third-order valence-corrected chi connectivity index (χ3v) is 0. The molecular weight excluding hydrogens is 198 g/mol. The number of rotatable bonds is 0. The fraction of sp³-hybridized carbons (Fsp3) is 0. The van der Waals surface area contributed by atoms with E-state index in [2.05, 4.69) is 0 Å². The Hall–Kier alpha value is 1.04. The van der Waals surface area contributed by atoms with E-state index in [0.29, 0.717) is 0 Å². The van der Waals surface area contributed by atoms with Crippen LogP contribution in [0.15, 0.2) is 0 Å². The number of hydrogen-bond acceptors (Lipinski definition) is 3. The maximum atomic E-state index is 8.52. The smallest absolute Gasteiger partial charge is 0.282 e. The van der Waals surface area contributed by atoms with Gasteiger partial charge in [-0.25, -0.2) is 0 Å².